The summed E-state index contributed by atoms with van der Waals surface area (Å²) >= 11 is 3.17. The third-order valence-corrected chi connectivity index (χ3v) is 4.04. The molecule has 0 aliphatic carbocycles. The van der Waals surface area contributed by atoms with Crippen molar-refractivity contribution in [1.29, 1.82) is 0 Å². The second kappa shape index (κ2) is 6.35. The van der Waals surface area contributed by atoms with Crippen LogP contribution in [0, 0.1) is 0 Å². The van der Waals surface area contributed by atoms with Crippen LogP contribution in [-0.4, -0.2) is 51.3 Å². The minimum atomic E-state index is -0.570. The van der Waals surface area contributed by atoms with Crippen LogP contribution in [0.15, 0.2) is 15.5 Å². The summed E-state index contributed by atoms with van der Waals surface area (Å²) in [7, 11) is 1.44. The van der Waals surface area contributed by atoms with Crippen LogP contribution in [0.3, 0.4) is 0 Å². The summed E-state index contributed by atoms with van der Waals surface area (Å²) < 4.78 is 1.35. The first-order valence-electron chi connectivity index (χ1n) is 6.39. The standard InChI is InChI=1S/C12H15BrN4O4/c1-16-9(19)3-2-7(11(16)20)15-8-6-14-17(4-5-18)12(21)10(8)13/h6-7,15,18H,2-5H2,1H3. The molecule has 1 aliphatic rings. The fraction of sp³-hybridized carbons (Fsp3) is 0.500. The van der Waals surface area contributed by atoms with Gasteiger partial charge < -0.3 is 10.4 Å². The van der Waals surface area contributed by atoms with Crippen molar-refractivity contribution in [2.24, 2.45) is 0 Å². The predicted octanol–water partition coefficient (Wildman–Crippen LogP) is -0.443. The molecule has 1 aromatic rings. The molecule has 2 heterocycles. The Hall–Kier alpha value is -1.74. The largest absolute Gasteiger partial charge is 0.394 e. The molecular weight excluding hydrogens is 344 g/mol. The smallest absolute Gasteiger partial charge is 0.283 e. The van der Waals surface area contributed by atoms with Crippen molar-refractivity contribution in [3.05, 3.63) is 21.0 Å². The molecule has 0 spiro atoms. The summed E-state index contributed by atoms with van der Waals surface area (Å²) in [5, 5.41) is 15.7. The van der Waals surface area contributed by atoms with Gasteiger partial charge in [-0.2, -0.15) is 5.10 Å². The van der Waals surface area contributed by atoms with E-state index in [2.05, 4.69) is 26.3 Å². The topological polar surface area (TPSA) is 105 Å². The van der Waals surface area contributed by atoms with Crippen molar-refractivity contribution < 1.29 is 14.7 Å². The number of likely N-dealkylation sites (N-methyl/N-ethyl adjacent to an activating group) is 1. The zero-order valence-electron chi connectivity index (χ0n) is 11.4. The molecule has 0 radical (unpaired) electrons. The van der Waals surface area contributed by atoms with Gasteiger partial charge in [-0.15, -0.1) is 0 Å². The van der Waals surface area contributed by atoms with Crippen LogP contribution >= 0.6 is 15.9 Å². The number of imide groups is 1. The van der Waals surface area contributed by atoms with E-state index in [0.29, 0.717) is 12.1 Å². The lowest BCUT2D eigenvalue weighted by molar-refractivity contribution is -0.146. The average Bonchev–Trinajstić information content (AvgIpc) is 2.47. The number of hydrogen-bond acceptors (Lipinski definition) is 6. The van der Waals surface area contributed by atoms with Gasteiger partial charge >= 0.3 is 0 Å². The fourth-order valence-corrected chi connectivity index (χ4v) is 2.48. The molecule has 114 valence electrons. The number of halogens is 1. The van der Waals surface area contributed by atoms with Crippen LogP contribution in [0.1, 0.15) is 12.8 Å². The number of aliphatic hydroxyl groups is 1. The van der Waals surface area contributed by atoms with Gasteiger partial charge in [0, 0.05) is 13.5 Å². The Bertz CT molecular complexity index is 630. The highest BCUT2D eigenvalue weighted by molar-refractivity contribution is 9.10. The summed E-state index contributed by atoms with van der Waals surface area (Å²) in [6.07, 6.45) is 2.05. The monoisotopic (exact) mass is 358 g/mol. The molecule has 8 nitrogen and oxygen atoms in total. The Morgan fingerprint density at radius 3 is 2.86 bits per heavy atom. The van der Waals surface area contributed by atoms with Crippen molar-refractivity contribution in [3.63, 3.8) is 0 Å². The Balaban J connectivity index is 2.21. The molecule has 0 bridgehead atoms. The number of nitrogens with zero attached hydrogens (tertiary/aromatic N) is 3. The van der Waals surface area contributed by atoms with Crippen LogP contribution in [0.25, 0.3) is 0 Å². The highest BCUT2D eigenvalue weighted by Crippen LogP contribution is 2.21. The molecule has 2 N–H and O–H groups in total. The van der Waals surface area contributed by atoms with Gasteiger partial charge in [0.05, 0.1) is 25.0 Å². The summed E-state index contributed by atoms with van der Waals surface area (Å²) in [5.74, 6) is -0.550. The molecule has 1 unspecified atom stereocenters. The lowest BCUT2D eigenvalue weighted by Gasteiger charge is -2.28. The number of likely N-dealkylation sites (tertiary alicyclic amines) is 1. The number of nitrogens with one attached hydrogen (secondary N) is 1. The van der Waals surface area contributed by atoms with Gasteiger partial charge in [0.25, 0.3) is 11.5 Å². The van der Waals surface area contributed by atoms with Crippen LogP contribution < -0.4 is 10.9 Å². The molecule has 2 amide bonds. The highest BCUT2D eigenvalue weighted by Gasteiger charge is 2.32. The van der Waals surface area contributed by atoms with Crippen molar-refractivity contribution in [2.45, 2.75) is 25.4 Å². The van der Waals surface area contributed by atoms with E-state index in [4.69, 9.17) is 5.11 Å². The summed E-state index contributed by atoms with van der Waals surface area (Å²) in [6, 6.07) is -0.570. The Kier molecular flexibility index (Phi) is 4.73. The molecule has 9 heteroatoms. The number of aromatic nitrogens is 2. The quantitative estimate of drug-likeness (QED) is 0.707. The van der Waals surface area contributed by atoms with E-state index in [9.17, 15) is 14.4 Å². The number of hydrogen-bond donors (Lipinski definition) is 2. The minimum Gasteiger partial charge on any atom is -0.394 e. The molecule has 21 heavy (non-hydrogen) atoms. The summed E-state index contributed by atoms with van der Waals surface area (Å²) in [6.45, 7) is -0.0998. The normalized spacial score (nSPS) is 19.0. The van der Waals surface area contributed by atoms with Gasteiger partial charge in [0.15, 0.2) is 0 Å². The van der Waals surface area contributed by atoms with E-state index >= 15 is 0 Å². The Morgan fingerprint density at radius 1 is 1.48 bits per heavy atom. The minimum absolute atomic E-state index is 0.0946. The third-order valence-electron chi connectivity index (χ3n) is 3.28. The zero-order valence-corrected chi connectivity index (χ0v) is 13.0. The van der Waals surface area contributed by atoms with Crippen molar-refractivity contribution in [3.8, 4) is 0 Å². The van der Waals surface area contributed by atoms with Crippen molar-refractivity contribution in [2.75, 3.05) is 19.0 Å². The lowest BCUT2D eigenvalue weighted by atomic mass is 10.0. The van der Waals surface area contributed by atoms with E-state index in [1.54, 1.807) is 0 Å². The zero-order chi connectivity index (χ0) is 15.6. The Labute approximate surface area is 128 Å². The van der Waals surface area contributed by atoms with E-state index in [-0.39, 0.29) is 35.9 Å². The van der Waals surface area contributed by atoms with Gasteiger partial charge in [-0.25, -0.2) is 4.68 Å². The second-order valence-corrected chi connectivity index (χ2v) is 5.44. The van der Waals surface area contributed by atoms with Gasteiger partial charge in [-0.3, -0.25) is 19.3 Å². The molecule has 0 saturated carbocycles. The highest BCUT2D eigenvalue weighted by atomic mass is 79.9. The molecule has 2 rings (SSSR count). The maximum atomic E-state index is 12.0. The number of rotatable bonds is 4. The van der Waals surface area contributed by atoms with E-state index in [1.807, 2.05) is 0 Å². The lowest BCUT2D eigenvalue weighted by Crippen LogP contribution is -2.48. The van der Waals surface area contributed by atoms with Gasteiger partial charge in [0.2, 0.25) is 5.91 Å². The van der Waals surface area contributed by atoms with E-state index < -0.39 is 11.6 Å². The van der Waals surface area contributed by atoms with Gasteiger partial charge in [-0.05, 0) is 22.4 Å². The predicted molar refractivity (Wildman–Crippen MR) is 77.7 cm³/mol. The summed E-state index contributed by atoms with van der Waals surface area (Å²) in [5.41, 5.74) is -0.0166. The van der Waals surface area contributed by atoms with Crippen molar-refractivity contribution >= 4 is 33.4 Å². The molecule has 1 fully saturated rings. The maximum absolute atomic E-state index is 12.0. The molecular formula is C12H15BrN4O4. The first-order valence-corrected chi connectivity index (χ1v) is 7.18. The molecule has 1 aromatic heterocycles. The number of anilines is 1. The third kappa shape index (κ3) is 3.13. The van der Waals surface area contributed by atoms with Crippen LogP contribution in [0.2, 0.25) is 0 Å². The first kappa shape index (κ1) is 15.6. The maximum Gasteiger partial charge on any atom is 0.283 e. The second-order valence-electron chi connectivity index (χ2n) is 4.65. The number of aliphatic hydroxyl groups excluding tert-OH is 1. The molecule has 1 aliphatic heterocycles. The number of piperidine rings is 1. The van der Waals surface area contributed by atoms with E-state index in [1.165, 1.54) is 13.2 Å². The first-order chi connectivity index (χ1) is 9.95. The number of amides is 2. The molecule has 1 saturated heterocycles. The number of carbonyl (C=O) groups is 2. The fourth-order valence-electron chi connectivity index (χ4n) is 2.06. The number of carbonyl (C=O) groups excluding carboxylic acids is 2. The summed E-state index contributed by atoms with van der Waals surface area (Å²) in [4.78, 5) is 36.5. The van der Waals surface area contributed by atoms with Gasteiger partial charge in [0.1, 0.15) is 10.5 Å². The molecule has 1 atom stereocenters. The Morgan fingerprint density at radius 2 is 2.19 bits per heavy atom. The van der Waals surface area contributed by atoms with E-state index in [0.717, 1.165) is 9.58 Å². The van der Waals surface area contributed by atoms with Crippen LogP contribution in [0.5, 0.6) is 0 Å². The average molecular weight is 359 g/mol. The molecule has 0 aromatic carbocycles. The van der Waals surface area contributed by atoms with Crippen LogP contribution in [-0.2, 0) is 16.1 Å². The van der Waals surface area contributed by atoms with Crippen LogP contribution in [0.4, 0.5) is 5.69 Å². The van der Waals surface area contributed by atoms with Crippen molar-refractivity contribution in [1.82, 2.24) is 14.7 Å². The SMILES string of the molecule is CN1C(=O)CCC(Nc2cnn(CCO)c(=O)c2Br)C1=O. The van der Waals surface area contributed by atoms with Gasteiger partial charge in [-0.1, -0.05) is 0 Å².